The van der Waals surface area contributed by atoms with Gasteiger partial charge in [-0.2, -0.15) is 0 Å². The number of carbonyl (C=O) groups excluding carboxylic acids is 5. The number of phenolic OH excluding ortho intramolecular Hbond substituents is 1. The number of carbonyl (C=O) groups is 5. The molecule has 39 heavy (non-hydrogen) atoms. The first-order valence-corrected chi connectivity index (χ1v) is 11.9. The summed E-state index contributed by atoms with van der Waals surface area (Å²) in [6, 6.07) is 12.2. The number of ether oxygens (including phenoxy) is 6. The summed E-state index contributed by atoms with van der Waals surface area (Å²) in [4.78, 5) is 59.9. The Morgan fingerprint density at radius 1 is 0.769 bits per heavy atom. The first-order chi connectivity index (χ1) is 18.5. The summed E-state index contributed by atoms with van der Waals surface area (Å²) in [6.45, 7) is 4.04. The summed E-state index contributed by atoms with van der Waals surface area (Å²) >= 11 is 0. The maximum atomic E-state index is 12.8. The highest BCUT2D eigenvalue weighted by Gasteiger charge is 2.53. The summed E-state index contributed by atoms with van der Waals surface area (Å²) in [5, 5.41) is 10.6. The van der Waals surface area contributed by atoms with Crippen molar-refractivity contribution in [2.75, 3.05) is 6.61 Å². The Kier molecular flexibility index (Phi) is 9.61. The second-order valence-electron chi connectivity index (χ2n) is 8.56. The molecule has 2 aromatic rings. The van der Waals surface area contributed by atoms with E-state index in [0.717, 1.165) is 33.8 Å². The van der Waals surface area contributed by atoms with Gasteiger partial charge in [0.25, 0.3) is 0 Å². The molecule has 208 valence electrons. The third-order valence-corrected chi connectivity index (χ3v) is 5.45. The quantitative estimate of drug-likeness (QED) is 0.278. The second kappa shape index (κ2) is 12.9. The molecule has 0 aliphatic carbocycles. The van der Waals surface area contributed by atoms with E-state index in [0.29, 0.717) is 5.56 Å². The largest absolute Gasteiger partial charge is 0.507 e. The minimum atomic E-state index is -1.49. The van der Waals surface area contributed by atoms with Gasteiger partial charge in [-0.3, -0.25) is 24.0 Å². The molecular formula is C27H28O12. The Balaban J connectivity index is 1.95. The smallest absolute Gasteiger partial charge is 0.303 e. The number of aromatic hydroxyl groups is 1. The fourth-order valence-electron chi connectivity index (χ4n) is 3.94. The lowest BCUT2D eigenvalue weighted by atomic mass is 9.98. The van der Waals surface area contributed by atoms with Crippen molar-refractivity contribution in [2.45, 2.75) is 58.4 Å². The fourth-order valence-corrected chi connectivity index (χ4v) is 3.94. The van der Waals surface area contributed by atoms with Crippen LogP contribution in [0.4, 0.5) is 0 Å². The van der Waals surface area contributed by atoms with Crippen LogP contribution in [0, 0.1) is 0 Å². The molecule has 12 nitrogen and oxygen atoms in total. The van der Waals surface area contributed by atoms with Crippen molar-refractivity contribution in [1.29, 1.82) is 0 Å². The minimum Gasteiger partial charge on any atom is -0.507 e. The number of esters is 4. The van der Waals surface area contributed by atoms with Crippen LogP contribution in [0.2, 0.25) is 0 Å². The van der Waals surface area contributed by atoms with Crippen molar-refractivity contribution in [3.63, 3.8) is 0 Å². The summed E-state index contributed by atoms with van der Waals surface area (Å²) in [7, 11) is 0. The molecular weight excluding hydrogens is 516 g/mol. The Morgan fingerprint density at radius 3 is 1.92 bits per heavy atom. The lowest BCUT2D eigenvalue weighted by Gasteiger charge is -2.43. The first kappa shape index (κ1) is 29.1. The van der Waals surface area contributed by atoms with E-state index in [9.17, 15) is 29.1 Å². The van der Waals surface area contributed by atoms with Gasteiger partial charge in [-0.15, -0.1) is 0 Å². The van der Waals surface area contributed by atoms with E-state index in [4.69, 9.17) is 28.4 Å². The van der Waals surface area contributed by atoms with Gasteiger partial charge in [-0.05, 0) is 12.1 Å². The molecule has 1 aliphatic heterocycles. The number of phenols is 1. The van der Waals surface area contributed by atoms with Crippen LogP contribution in [0.15, 0.2) is 48.5 Å². The van der Waals surface area contributed by atoms with Crippen LogP contribution in [-0.4, -0.2) is 72.1 Å². The highest BCUT2D eigenvalue weighted by atomic mass is 16.7. The first-order valence-electron chi connectivity index (χ1n) is 11.9. The number of benzene rings is 2. The van der Waals surface area contributed by atoms with Crippen LogP contribution >= 0.6 is 0 Å². The van der Waals surface area contributed by atoms with E-state index in [1.165, 1.54) is 12.1 Å². The van der Waals surface area contributed by atoms with Gasteiger partial charge >= 0.3 is 23.9 Å². The molecule has 0 radical (unpaired) electrons. The molecule has 5 atom stereocenters. The van der Waals surface area contributed by atoms with Crippen LogP contribution in [0.25, 0.3) is 0 Å². The normalized spacial score (nSPS) is 22.2. The highest BCUT2D eigenvalue weighted by molar-refractivity contribution is 6.10. The van der Waals surface area contributed by atoms with Crippen molar-refractivity contribution in [1.82, 2.24) is 0 Å². The molecule has 2 aromatic carbocycles. The minimum absolute atomic E-state index is 0.00184. The fraction of sp³-hybridized carbons (Fsp3) is 0.370. The average Bonchev–Trinajstić information content (AvgIpc) is 2.86. The number of hydrogen-bond donors (Lipinski definition) is 1. The van der Waals surface area contributed by atoms with Crippen molar-refractivity contribution in [2.24, 2.45) is 0 Å². The maximum absolute atomic E-state index is 12.8. The van der Waals surface area contributed by atoms with Crippen LogP contribution in [0.5, 0.6) is 11.5 Å². The summed E-state index contributed by atoms with van der Waals surface area (Å²) in [5.41, 5.74) is 0.371. The molecule has 0 saturated carbocycles. The Morgan fingerprint density at radius 2 is 1.36 bits per heavy atom. The molecule has 0 spiro atoms. The van der Waals surface area contributed by atoms with Gasteiger partial charge in [-0.25, -0.2) is 0 Å². The second-order valence-corrected chi connectivity index (χ2v) is 8.56. The van der Waals surface area contributed by atoms with Crippen LogP contribution < -0.4 is 4.74 Å². The van der Waals surface area contributed by atoms with Gasteiger partial charge in [0.15, 0.2) is 18.0 Å². The van der Waals surface area contributed by atoms with Gasteiger partial charge in [0.2, 0.25) is 12.4 Å². The zero-order valence-corrected chi connectivity index (χ0v) is 21.7. The summed E-state index contributed by atoms with van der Waals surface area (Å²) in [6.07, 6.45) is -6.89. The molecule has 3 rings (SSSR count). The van der Waals surface area contributed by atoms with Crippen LogP contribution in [0.1, 0.15) is 43.6 Å². The monoisotopic (exact) mass is 544 g/mol. The van der Waals surface area contributed by atoms with E-state index in [1.54, 1.807) is 30.3 Å². The Bertz CT molecular complexity index is 1220. The van der Waals surface area contributed by atoms with E-state index >= 15 is 0 Å². The van der Waals surface area contributed by atoms with E-state index < -0.39 is 72.7 Å². The van der Waals surface area contributed by atoms with E-state index in [2.05, 4.69) is 0 Å². The SMILES string of the molecule is CC(=O)OC[C@@H]1O[C@@H](Oc2ccc(C(=O)c3ccccc3)c(O)c2)[C@@H](OC(C)=O)[C@@H](OC(C)=O)[C@@H]1OC(C)=O. The van der Waals surface area contributed by atoms with Gasteiger partial charge in [0, 0.05) is 39.3 Å². The van der Waals surface area contributed by atoms with E-state index in [-0.39, 0.29) is 11.3 Å². The predicted octanol–water partition coefficient (Wildman–Crippen LogP) is 2.09. The van der Waals surface area contributed by atoms with Crippen LogP contribution in [-0.2, 0) is 42.9 Å². The Hall–Kier alpha value is -4.45. The van der Waals surface area contributed by atoms with Crippen molar-refractivity contribution in [3.8, 4) is 11.5 Å². The molecule has 12 heteroatoms. The zero-order chi connectivity index (χ0) is 28.7. The lowest BCUT2D eigenvalue weighted by molar-refractivity contribution is -0.288. The molecule has 1 fully saturated rings. The third kappa shape index (κ3) is 7.77. The zero-order valence-electron chi connectivity index (χ0n) is 21.7. The topological polar surface area (TPSA) is 161 Å². The van der Waals surface area contributed by atoms with Crippen molar-refractivity contribution >= 4 is 29.7 Å². The predicted molar refractivity (Wildman–Crippen MR) is 131 cm³/mol. The van der Waals surface area contributed by atoms with Gasteiger partial charge in [-0.1, -0.05) is 30.3 Å². The van der Waals surface area contributed by atoms with Gasteiger partial charge < -0.3 is 33.5 Å². The molecule has 0 unspecified atom stereocenters. The number of hydrogen-bond acceptors (Lipinski definition) is 12. The Labute approximate surface area is 223 Å². The molecule has 1 heterocycles. The lowest BCUT2D eigenvalue weighted by Crippen LogP contribution is -2.63. The van der Waals surface area contributed by atoms with E-state index in [1.807, 2.05) is 0 Å². The van der Waals surface area contributed by atoms with Crippen molar-refractivity contribution < 1.29 is 57.5 Å². The van der Waals surface area contributed by atoms with Crippen molar-refractivity contribution in [3.05, 3.63) is 59.7 Å². The third-order valence-electron chi connectivity index (χ3n) is 5.45. The highest BCUT2D eigenvalue weighted by Crippen LogP contribution is 2.33. The number of ketones is 1. The standard InChI is InChI=1S/C27H28O12/c1-14(28)34-13-22-24(35-15(2)29)25(36-16(3)30)26(37-17(4)31)27(39-22)38-19-10-11-20(21(32)12-19)23(33)18-8-6-5-7-9-18/h5-12,22,24-27,32H,13H2,1-4H3/t22-,24+,25-,26-,27+/m0/s1. The number of rotatable bonds is 9. The average molecular weight is 545 g/mol. The molecule has 0 aromatic heterocycles. The summed E-state index contributed by atoms with van der Waals surface area (Å²) < 4.78 is 32.8. The van der Waals surface area contributed by atoms with Crippen LogP contribution in [0.3, 0.4) is 0 Å². The molecule has 0 bridgehead atoms. The van der Waals surface area contributed by atoms with Gasteiger partial charge in [0.05, 0.1) is 5.56 Å². The molecule has 1 aliphatic rings. The maximum Gasteiger partial charge on any atom is 0.303 e. The summed E-state index contributed by atoms with van der Waals surface area (Å²) in [5.74, 6) is -3.83. The molecule has 1 N–H and O–H groups in total. The molecule has 1 saturated heterocycles. The molecule has 0 amide bonds. The van der Waals surface area contributed by atoms with Gasteiger partial charge in [0.1, 0.15) is 24.2 Å².